The van der Waals surface area contributed by atoms with E-state index < -0.39 is 5.92 Å². The Morgan fingerprint density at radius 3 is 2.50 bits per heavy atom. The van der Waals surface area contributed by atoms with E-state index in [4.69, 9.17) is 0 Å². The minimum atomic E-state index is -2.84. The summed E-state index contributed by atoms with van der Waals surface area (Å²) in [7, 11) is 0. The van der Waals surface area contributed by atoms with E-state index in [-0.39, 0.29) is 5.69 Å². The van der Waals surface area contributed by atoms with E-state index in [0.29, 0.717) is 5.33 Å². The number of halogens is 3. The van der Waals surface area contributed by atoms with E-state index >= 15 is 0 Å². The third-order valence-corrected chi connectivity index (χ3v) is 2.08. The molecule has 0 spiro atoms. The van der Waals surface area contributed by atoms with Crippen molar-refractivity contribution >= 4 is 15.9 Å². The van der Waals surface area contributed by atoms with E-state index in [1.165, 1.54) is 12.3 Å². The van der Waals surface area contributed by atoms with Crippen molar-refractivity contribution in [2.24, 2.45) is 0 Å². The van der Waals surface area contributed by atoms with Crippen molar-refractivity contribution in [3.8, 4) is 0 Å². The third kappa shape index (κ3) is 2.24. The molecule has 0 radical (unpaired) electrons. The van der Waals surface area contributed by atoms with E-state index in [1.54, 1.807) is 6.07 Å². The average molecular weight is 236 g/mol. The molecule has 0 atom stereocenters. The third-order valence-electron chi connectivity index (χ3n) is 1.43. The fraction of sp³-hybridized carbons (Fsp3) is 0.375. The molecule has 0 saturated carbocycles. The SMILES string of the molecule is CC(F)(F)c1ccc(CBr)cn1. The van der Waals surface area contributed by atoms with Gasteiger partial charge in [-0.15, -0.1) is 0 Å². The monoisotopic (exact) mass is 235 g/mol. The van der Waals surface area contributed by atoms with Gasteiger partial charge in [0.25, 0.3) is 5.92 Å². The second-order valence-corrected chi connectivity index (χ2v) is 3.13. The molecule has 0 aliphatic rings. The summed E-state index contributed by atoms with van der Waals surface area (Å²) in [6.45, 7) is 0.836. The number of rotatable bonds is 2. The van der Waals surface area contributed by atoms with Gasteiger partial charge in [-0.2, -0.15) is 8.78 Å². The highest BCUT2D eigenvalue weighted by Crippen LogP contribution is 2.24. The van der Waals surface area contributed by atoms with Crippen LogP contribution in [0.3, 0.4) is 0 Å². The van der Waals surface area contributed by atoms with Crippen LogP contribution in [0.25, 0.3) is 0 Å². The van der Waals surface area contributed by atoms with Gasteiger partial charge < -0.3 is 0 Å². The molecule has 0 saturated heterocycles. The van der Waals surface area contributed by atoms with Gasteiger partial charge in [-0.3, -0.25) is 4.98 Å². The first-order chi connectivity index (χ1) is 5.54. The zero-order valence-corrected chi connectivity index (χ0v) is 8.11. The molecule has 66 valence electrons. The first-order valence-corrected chi connectivity index (χ1v) is 4.55. The normalized spacial score (nSPS) is 11.7. The predicted molar refractivity (Wildman–Crippen MR) is 46.4 cm³/mol. The van der Waals surface area contributed by atoms with Crippen LogP contribution in [-0.4, -0.2) is 4.98 Å². The highest BCUT2D eigenvalue weighted by Gasteiger charge is 2.25. The fourth-order valence-electron chi connectivity index (χ4n) is 0.763. The Morgan fingerprint density at radius 2 is 2.17 bits per heavy atom. The van der Waals surface area contributed by atoms with Crippen molar-refractivity contribution in [1.29, 1.82) is 0 Å². The maximum atomic E-state index is 12.6. The Balaban J connectivity index is 2.93. The predicted octanol–water partition coefficient (Wildman–Crippen LogP) is 3.09. The summed E-state index contributed by atoms with van der Waals surface area (Å²) in [5.74, 6) is -2.84. The molecule has 1 aromatic heterocycles. The molecule has 12 heavy (non-hydrogen) atoms. The molecule has 1 aromatic rings. The maximum absolute atomic E-state index is 12.6. The summed E-state index contributed by atoms with van der Waals surface area (Å²) in [4.78, 5) is 3.64. The molecule has 0 fully saturated rings. The van der Waals surface area contributed by atoms with Gasteiger partial charge in [-0.25, -0.2) is 0 Å². The van der Waals surface area contributed by atoms with E-state index in [9.17, 15) is 8.78 Å². The summed E-state index contributed by atoms with van der Waals surface area (Å²) in [6, 6.07) is 2.98. The van der Waals surface area contributed by atoms with Crippen LogP contribution in [0.5, 0.6) is 0 Å². The number of pyridine rings is 1. The lowest BCUT2D eigenvalue weighted by atomic mass is 10.2. The van der Waals surface area contributed by atoms with E-state index in [1.807, 2.05) is 0 Å². The molecule has 0 aromatic carbocycles. The molecule has 0 N–H and O–H groups in total. The zero-order valence-electron chi connectivity index (χ0n) is 6.52. The van der Waals surface area contributed by atoms with Crippen LogP contribution < -0.4 is 0 Å². The summed E-state index contributed by atoms with van der Waals surface area (Å²) >= 11 is 3.20. The van der Waals surface area contributed by atoms with Crippen LogP contribution in [0, 0.1) is 0 Å². The summed E-state index contributed by atoms with van der Waals surface area (Å²) in [5.41, 5.74) is 0.704. The first-order valence-electron chi connectivity index (χ1n) is 3.43. The molecular formula is C8H8BrF2N. The highest BCUT2D eigenvalue weighted by molar-refractivity contribution is 9.08. The lowest BCUT2D eigenvalue weighted by Crippen LogP contribution is -2.09. The van der Waals surface area contributed by atoms with Crippen molar-refractivity contribution in [3.05, 3.63) is 29.6 Å². The Morgan fingerprint density at radius 1 is 1.50 bits per heavy atom. The lowest BCUT2D eigenvalue weighted by Gasteiger charge is -2.08. The second-order valence-electron chi connectivity index (χ2n) is 2.57. The van der Waals surface area contributed by atoms with E-state index in [0.717, 1.165) is 12.5 Å². The number of aromatic nitrogens is 1. The smallest absolute Gasteiger partial charge is 0.255 e. The Hall–Kier alpha value is -0.510. The summed E-state index contributed by atoms with van der Waals surface area (Å²) in [5, 5.41) is 0.634. The maximum Gasteiger partial charge on any atom is 0.286 e. The van der Waals surface area contributed by atoms with Crippen molar-refractivity contribution in [3.63, 3.8) is 0 Å². The molecular weight excluding hydrogens is 228 g/mol. The molecule has 0 unspecified atom stereocenters. The highest BCUT2D eigenvalue weighted by atomic mass is 79.9. The minimum absolute atomic E-state index is 0.188. The van der Waals surface area contributed by atoms with Gasteiger partial charge in [0.05, 0.1) is 0 Å². The molecule has 0 amide bonds. The van der Waals surface area contributed by atoms with Gasteiger partial charge in [0, 0.05) is 18.5 Å². The fourth-order valence-corrected chi connectivity index (χ4v) is 1.09. The van der Waals surface area contributed by atoms with Crippen molar-refractivity contribution < 1.29 is 8.78 Å². The average Bonchev–Trinajstić information content (AvgIpc) is 2.03. The van der Waals surface area contributed by atoms with Crippen LogP contribution >= 0.6 is 15.9 Å². The van der Waals surface area contributed by atoms with Gasteiger partial charge in [0.1, 0.15) is 5.69 Å². The van der Waals surface area contributed by atoms with Crippen molar-refractivity contribution in [1.82, 2.24) is 4.98 Å². The van der Waals surface area contributed by atoms with Gasteiger partial charge in [0.15, 0.2) is 0 Å². The van der Waals surface area contributed by atoms with Gasteiger partial charge >= 0.3 is 0 Å². The number of nitrogens with zero attached hydrogens (tertiary/aromatic N) is 1. The number of hydrogen-bond acceptors (Lipinski definition) is 1. The summed E-state index contributed by atoms with van der Waals surface area (Å²) < 4.78 is 25.2. The van der Waals surface area contributed by atoms with Gasteiger partial charge in [0.2, 0.25) is 0 Å². The van der Waals surface area contributed by atoms with Crippen LogP contribution in [0.1, 0.15) is 18.2 Å². The first kappa shape index (κ1) is 9.58. The topological polar surface area (TPSA) is 12.9 Å². The molecule has 0 bridgehead atoms. The second kappa shape index (κ2) is 3.47. The number of alkyl halides is 3. The van der Waals surface area contributed by atoms with E-state index in [2.05, 4.69) is 20.9 Å². The molecule has 1 rings (SSSR count). The minimum Gasteiger partial charge on any atom is -0.255 e. The Bertz CT molecular complexity index is 253. The van der Waals surface area contributed by atoms with Gasteiger partial charge in [-0.1, -0.05) is 22.0 Å². The van der Waals surface area contributed by atoms with Crippen molar-refractivity contribution in [2.45, 2.75) is 18.2 Å². The van der Waals surface area contributed by atoms with Crippen LogP contribution in [-0.2, 0) is 11.3 Å². The molecule has 1 heterocycles. The molecule has 0 aliphatic carbocycles. The Labute approximate surface area is 77.9 Å². The van der Waals surface area contributed by atoms with Crippen LogP contribution in [0.15, 0.2) is 18.3 Å². The molecule has 0 aliphatic heterocycles. The van der Waals surface area contributed by atoms with Crippen LogP contribution in [0.2, 0.25) is 0 Å². The van der Waals surface area contributed by atoms with Crippen molar-refractivity contribution in [2.75, 3.05) is 0 Å². The summed E-state index contributed by atoms with van der Waals surface area (Å²) in [6.07, 6.45) is 1.45. The quantitative estimate of drug-likeness (QED) is 0.719. The Kier molecular flexibility index (Phi) is 2.77. The lowest BCUT2D eigenvalue weighted by molar-refractivity contribution is 0.0127. The largest absolute Gasteiger partial charge is 0.286 e. The molecule has 4 heteroatoms. The van der Waals surface area contributed by atoms with Gasteiger partial charge in [-0.05, 0) is 11.6 Å². The molecule has 1 nitrogen and oxygen atoms in total. The zero-order chi connectivity index (χ0) is 9.19. The number of hydrogen-bond donors (Lipinski definition) is 0. The van der Waals surface area contributed by atoms with Crippen LogP contribution in [0.4, 0.5) is 8.78 Å². The standard InChI is InChI=1S/C8H8BrF2N/c1-8(10,11)7-3-2-6(4-9)5-12-7/h2-3,5H,4H2,1H3.